The molecule has 1 rings (SSSR count). The molecule has 0 unspecified atom stereocenters. The van der Waals surface area contributed by atoms with Gasteiger partial charge in [0.05, 0.1) is 6.54 Å². The molecule has 0 radical (unpaired) electrons. The van der Waals surface area contributed by atoms with Crippen molar-refractivity contribution in [2.45, 2.75) is 37.3 Å². The van der Waals surface area contributed by atoms with Gasteiger partial charge in [0.2, 0.25) is 11.8 Å². The molecule has 0 bridgehead atoms. The summed E-state index contributed by atoms with van der Waals surface area (Å²) in [6.07, 6.45) is -1.47. The molecule has 2 amide bonds. The molecule has 0 aliphatic carbocycles. The fourth-order valence-electron chi connectivity index (χ4n) is 2.28. The zero-order valence-electron chi connectivity index (χ0n) is 12.1. The standard InChI is InChI=1S/C12H17N3O7.ClH/c13-5-8(17)15-6(1-2-7(15)16)10(20)12(14,11(21)22)4-3-9(18)19;/h6H,1-5,13-14H2,(H,18,19)(H,21,22);1H/t6-,12+;/m0./s1. The number of amides is 2. The highest BCUT2D eigenvalue weighted by atomic mass is 35.5. The fourth-order valence-corrected chi connectivity index (χ4v) is 2.28. The lowest BCUT2D eigenvalue weighted by Gasteiger charge is -2.29. The van der Waals surface area contributed by atoms with Gasteiger partial charge < -0.3 is 21.7 Å². The van der Waals surface area contributed by atoms with Gasteiger partial charge in [0.25, 0.3) is 0 Å². The topological polar surface area (TPSA) is 181 Å². The third-order valence-corrected chi connectivity index (χ3v) is 3.51. The first-order valence-corrected chi connectivity index (χ1v) is 6.48. The highest BCUT2D eigenvalue weighted by Crippen LogP contribution is 2.25. The van der Waals surface area contributed by atoms with Gasteiger partial charge in [-0.2, -0.15) is 0 Å². The highest BCUT2D eigenvalue weighted by molar-refractivity contribution is 6.14. The van der Waals surface area contributed by atoms with Crippen molar-refractivity contribution in [2.24, 2.45) is 11.5 Å². The van der Waals surface area contributed by atoms with E-state index in [2.05, 4.69) is 0 Å². The molecule has 1 fully saturated rings. The Morgan fingerprint density at radius 2 is 1.83 bits per heavy atom. The zero-order valence-corrected chi connectivity index (χ0v) is 12.9. The molecule has 130 valence electrons. The zero-order chi connectivity index (χ0) is 17.1. The van der Waals surface area contributed by atoms with Crippen LogP contribution in [0.2, 0.25) is 0 Å². The van der Waals surface area contributed by atoms with Crippen LogP contribution in [-0.4, -0.2) is 62.8 Å². The summed E-state index contributed by atoms with van der Waals surface area (Å²) in [5.41, 5.74) is 8.25. The first-order chi connectivity index (χ1) is 10.1. The third-order valence-electron chi connectivity index (χ3n) is 3.51. The number of nitrogens with zero attached hydrogens (tertiary/aromatic N) is 1. The Kier molecular flexibility index (Phi) is 7.28. The molecule has 0 aromatic rings. The molecule has 6 N–H and O–H groups in total. The van der Waals surface area contributed by atoms with E-state index in [1.807, 2.05) is 0 Å². The summed E-state index contributed by atoms with van der Waals surface area (Å²) in [5.74, 6) is -5.56. The van der Waals surface area contributed by atoms with E-state index in [-0.39, 0.29) is 25.2 Å². The van der Waals surface area contributed by atoms with Crippen molar-refractivity contribution < 1.29 is 34.2 Å². The number of Topliss-reactive ketones (excluding diaryl/α,β-unsaturated/α-hetero) is 1. The lowest BCUT2D eigenvalue weighted by Crippen LogP contribution is -2.61. The number of carboxylic acid groups (broad SMARTS) is 2. The number of likely N-dealkylation sites (tertiary alicyclic amines) is 1. The Morgan fingerprint density at radius 1 is 1.26 bits per heavy atom. The summed E-state index contributed by atoms with van der Waals surface area (Å²) in [6.45, 7) is -0.519. The number of carbonyl (C=O) groups excluding carboxylic acids is 3. The summed E-state index contributed by atoms with van der Waals surface area (Å²) in [6, 6.07) is -1.33. The van der Waals surface area contributed by atoms with E-state index in [9.17, 15) is 29.1 Å². The Bertz CT molecular complexity index is 539. The number of aliphatic carboxylic acids is 2. The average Bonchev–Trinajstić information content (AvgIpc) is 2.84. The van der Waals surface area contributed by atoms with Gasteiger partial charge in [0.1, 0.15) is 6.04 Å². The number of ketones is 1. The molecule has 0 aromatic carbocycles. The van der Waals surface area contributed by atoms with Gasteiger partial charge in [-0.25, -0.2) is 4.79 Å². The summed E-state index contributed by atoms with van der Waals surface area (Å²) in [4.78, 5) is 58.2. The molecule has 1 aliphatic heterocycles. The van der Waals surface area contributed by atoms with Crippen LogP contribution in [0, 0.1) is 0 Å². The van der Waals surface area contributed by atoms with Crippen molar-refractivity contribution in [3.63, 3.8) is 0 Å². The molecule has 23 heavy (non-hydrogen) atoms. The van der Waals surface area contributed by atoms with Crippen LogP contribution in [0.1, 0.15) is 25.7 Å². The number of rotatable bonds is 7. The summed E-state index contributed by atoms with van der Waals surface area (Å²) in [7, 11) is 0. The van der Waals surface area contributed by atoms with Gasteiger partial charge in [-0.3, -0.25) is 24.1 Å². The first-order valence-electron chi connectivity index (χ1n) is 6.48. The maximum atomic E-state index is 12.4. The van der Waals surface area contributed by atoms with Crippen molar-refractivity contribution in [1.29, 1.82) is 0 Å². The van der Waals surface area contributed by atoms with E-state index in [1.54, 1.807) is 0 Å². The van der Waals surface area contributed by atoms with Crippen LogP contribution < -0.4 is 11.5 Å². The molecule has 1 heterocycles. The maximum Gasteiger partial charge on any atom is 0.331 e. The first kappa shape index (κ1) is 21.0. The monoisotopic (exact) mass is 351 g/mol. The molecule has 0 spiro atoms. The molecule has 11 heteroatoms. The molecule has 0 aromatic heterocycles. The van der Waals surface area contributed by atoms with E-state index < -0.39 is 60.5 Å². The molecule has 0 saturated carbocycles. The largest absolute Gasteiger partial charge is 0.481 e. The highest BCUT2D eigenvalue weighted by Gasteiger charge is 2.50. The summed E-state index contributed by atoms with van der Waals surface area (Å²) in [5, 5.41) is 17.8. The fraction of sp³-hybridized carbons (Fsp3) is 0.583. The second-order valence-electron chi connectivity index (χ2n) is 4.95. The van der Waals surface area contributed by atoms with Crippen molar-refractivity contribution in [2.75, 3.05) is 6.54 Å². The summed E-state index contributed by atoms with van der Waals surface area (Å²) >= 11 is 0. The van der Waals surface area contributed by atoms with E-state index in [1.165, 1.54) is 0 Å². The minimum absolute atomic E-state index is 0. The Labute approximate surface area is 137 Å². The van der Waals surface area contributed by atoms with Crippen LogP contribution in [-0.2, 0) is 24.0 Å². The van der Waals surface area contributed by atoms with Crippen LogP contribution in [0.3, 0.4) is 0 Å². The van der Waals surface area contributed by atoms with Crippen LogP contribution in [0.4, 0.5) is 0 Å². The summed E-state index contributed by atoms with van der Waals surface area (Å²) < 4.78 is 0. The lowest BCUT2D eigenvalue weighted by molar-refractivity contribution is -0.155. The van der Waals surface area contributed by atoms with Crippen LogP contribution in [0.25, 0.3) is 0 Å². The van der Waals surface area contributed by atoms with Gasteiger partial charge in [-0.1, -0.05) is 0 Å². The molecule has 10 nitrogen and oxygen atoms in total. The molecule has 2 atom stereocenters. The number of carbonyl (C=O) groups is 5. The van der Waals surface area contributed by atoms with Crippen molar-refractivity contribution >= 4 is 41.9 Å². The van der Waals surface area contributed by atoms with E-state index in [0.717, 1.165) is 0 Å². The molecule has 1 saturated heterocycles. The van der Waals surface area contributed by atoms with Crippen LogP contribution >= 0.6 is 12.4 Å². The second-order valence-corrected chi connectivity index (χ2v) is 4.95. The van der Waals surface area contributed by atoms with Gasteiger partial charge in [-0.15, -0.1) is 12.4 Å². The number of imide groups is 1. The molecular formula is C12H18ClN3O7. The normalized spacial score (nSPS) is 19.7. The van der Waals surface area contributed by atoms with Crippen LogP contribution in [0.15, 0.2) is 0 Å². The number of hydrogen-bond acceptors (Lipinski definition) is 7. The quantitative estimate of drug-likeness (QED) is 0.381. The van der Waals surface area contributed by atoms with E-state index in [4.69, 9.17) is 16.6 Å². The molecule has 1 aliphatic rings. The number of hydrogen-bond donors (Lipinski definition) is 4. The van der Waals surface area contributed by atoms with Gasteiger partial charge >= 0.3 is 11.9 Å². The minimum atomic E-state index is -2.49. The third kappa shape index (κ3) is 4.24. The van der Waals surface area contributed by atoms with Crippen molar-refractivity contribution in [3.8, 4) is 0 Å². The number of nitrogens with two attached hydrogens (primary N) is 2. The minimum Gasteiger partial charge on any atom is -0.481 e. The predicted molar refractivity (Wildman–Crippen MR) is 77.6 cm³/mol. The number of carboxylic acids is 2. The lowest BCUT2D eigenvalue weighted by atomic mass is 9.85. The Morgan fingerprint density at radius 3 is 2.26 bits per heavy atom. The second kappa shape index (κ2) is 7.99. The van der Waals surface area contributed by atoms with Gasteiger partial charge in [0.15, 0.2) is 11.3 Å². The van der Waals surface area contributed by atoms with Crippen LogP contribution in [0.5, 0.6) is 0 Å². The predicted octanol–water partition coefficient (Wildman–Crippen LogP) is -1.90. The maximum absolute atomic E-state index is 12.4. The Hall–Kier alpha value is -2.04. The van der Waals surface area contributed by atoms with E-state index in [0.29, 0.717) is 4.90 Å². The number of halogens is 1. The van der Waals surface area contributed by atoms with Crippen molar-refractivity contribution in [1.82, 2.24) is 4.90 Å². The van der Waals surface area contributed by atoms with Gasteiger partial charge in [0, 0.05) is 12.8 Å². The van der Waals surface area contributed by atoms with E-state index >= 15 is 0 Å². The van der Waals surface area contributed by atoms with Gasteiger partial charge in [-0.05, 0) is 12.8 Å². The molecular weight excluding hydrogens is 334 g/mol. The SMILES string of the molecule is Cl.NCC(=O)N1C(=O)CC[C@H]1C(=O)[C@](N)(CCC(=O)O)C(=O)O. The average molecular weight is 352 g/mol. The van der Waals surface area contributed by atoms with Crippen molar-refractivity contribution in [3.05, 3.63) is 0 Å². The Balaban J connectivity index is 0.00000484. The smallest absolute Gasteiger partial charge is 0.331 e.